The van der Waals surface area contributed by atoms with Crippen molar-refractivity contribution in [3.05, 3.63) is 29.3 Å². The van der Waals surface area contributed by atoms with E-state index in [1.54, 1.807) is 11.1 Å². The number of benzene rings is 1. The van der Waals surface area contributed by atoms with Crippen molar-refractivity contribution in [1.29, 1.82) is 0 Å². The van der Waals surface area contributed by atoms with Gasteiger partial charge in [-0.1, -0.05) is 38.7 Å². The Kier molecular flexibility index (Phi) is 7.14. The van der Waals surface area contributed by atoms with E-state index in [9.17, 15) is 0 Å². The van der Waals surface area contributed by atoms with Crippen LogP contribution in [0.4, 0.5) is 0 Å². The maximum Gasteiger partial charge on any atom is 0.199 e. The number of aliphatic hydroxyl groups is 1. The van der Waals surface area contributed by atoms with E-state index in [1.807, 2.05) is 0 Å². The van der Waals surface area contributed by atoms with E-state index in [0.717, 1.165) is 55.3 Å². The van der Waals surface area contributed by atoms with Crippen LogP contribution >= 0.6 is 0 Å². The fourth-order valence-electron chi connectivity index (χ4n) is 7.94. The molecule has 1 aromatic rings. The van der Waals surface area contributed by atoms with Gasteiger partial charge in [-0.2, -0.15) is 0 Å². The van der Waals surface area contributed by atoms with Gasteiger partial charge in [0.1, 0.15) is 5.75 Å². The predicted molar refractivity (Wildman–Crippen MR) is 129 cm³/mol. The molecule has 1 unspecified atom stereocenters. The molecule has 1 saturated heterocycles. The summed E-state index contributed by atoms with van der Waals surface area (Å²) in [6.45, 7) is 3.78. The Morgan fingerprint density at radius 3 is 2.78 bits per heavy atom. The molecule has 3 aliphatic carbocycles. The second-order valence-corrected chi connectivity index (χ2v) is 11.5. The molecule has 1 aromatic carbocycles. The van der Waals surface area contributed by atoms with Gasteiger partial charge in [0.15, 0.2) is 6.29 Å². The number of rotatable bonds is 8. The number of aliphatic hydroxyl groups excluding tert-OH is 1. The average Bonchev–Trinajstić information content (AvgIpc) is 3.21. The molecule has 178 valence electrons. The lowest BCUT2D eigenvalue weighted by Crippen LogP contribution is -2.44. The SMILES string of the molecule is C[C@@]12CCC[C@H]1[C@@H]1[C@H](CCCCCCO)Cc3cc(OC4CCCCO4)ccc3[C@H]1CC2. The fraction of sp³-hybridized carbons (Fsp3) is 0.793. The lowest BCUT2D eigenvalue weighted by molar-refractivity contribution is -0.105. The Morgan fingerprint density at radius 2 is 1.94 bits per heavy atom. The van der Waals surface area contributed by atoms with E-state index in [4.69, 9.17) is 14.6 Å². The van der Waals surface area contributed by atoms with Gasteiger partial charge in [0.25, 0.3) is 0 Å². The van der Waals surface area contributed by atoms with Crippen molar-refractivity contribution in [1.82, 2.24) is 0 Å². The Hall–Kier alpha value is -1.06. The molecule has 1 N–H and O–H groups in total. The first-order valence-corrected chi connectivity index (χ1v) is 13.7. The first-order chi connectivity index (χ1) is 15.7. The molecule has 0 aromatic heterocycles. The molecule has 3 fully saturated rings. The topological polar surface area (TPSA) is 38.7 Å². The minimum atomic E-state index is -0.0608. The number of fused-ring (bicyclic) bond motifs is 5. The van der Waals surface area contributed by atoms with Crippen molar-refractivity contribution in [3.8, 4) is 5.75 Å². The number of unbranched alkanes of at least 4 members (excludes halogenated alkanes) is 3. The molecule has 0 bridgehead atoms. The predicted octanol–water partition coefficient (Wildman–Crippen LogP) is 7.01. The highest BCUT2D eigenvalue weighted by Crippen LogP contribution is 2.62. The van der Waals surface area contributed by atoms with Crippen LogP contribution in [0.1, 0.15) is 107 Å². The van der Waals surface area contributed by atoms with Gasteiger partial charge in [-0.15, -0.1) is 0 Å². The summed E-state index contributed by atoms with van der Waals surface area (Å²) in [5.74, 6) is 4.36. The van der Waals surface area contributed by atoms with Gasteiger partial charge in [-0.25, -0.2) is 0 Å². The summed E-state index contributed by atoms with van der Waals surface area (Å²) in [6.07, 6.45) is 17.8. The molecule has 0 amide bonds. The lowest BCUT2D eigenvalue weighted by atomic mass is 9.52. The van der Waals surface area contributed by atoms with Crippen molar-refractivity contribution in [2.24, 2.45) is 23.2 Å². The van der Waals surface area contributed by atoms with Gasteiger partial charge in [0.05, 0.1) is 6.61 Å². The summed E-state index contributed by atoms with van der Waals surface area (Å²) in [5.41, 5.74) is 3.79. The van der Waals surface area contributed by atoms with Gasteiger partial charge >= 0.3 is 0 Å². The summed E-state index contributed by atoms with van der Waals surface area (Å²) in [4.78, 5) is 0. The van der Waals surface area contributed by atoms with Crippen LogP contribution in [0.5, 0.6) is 5.75 Å². The Morgan fingerprint density at radius 1 is 1.03 bits per heavy atom. The quantitative estimate of drug-likeness (QED) is 0.442. The highest BCUT2D eigenvalue weighted by Gasteiger charge is 2.52. The Bertz CT molecular complexity index is 755. The van der Waals surface area contributed by atoms with Crippen molar-refractivity contribution in [2.75, 3.05) is 13.2 Å². The van der Waals surface area contributed by atoms with Crippen LogP contribution in [0.15, 0.2) is 18.2 Å². The van der Waals surface area contributed by atoms with Crippen molar-refractivity contribution in [3.63, 3.8) is 0 Å². The van der Waals surface area contributed by atoms with Crippen molar-refractivity contribution in [2.45, 2.75) is 109 Å². The zero-order chi connectivity index (χ0) is 22.0. The van der Waals surface area contributed by atoms with Crippen molar-refractivity contribution >= 4 is 0 Å². The molecule has 3 nitrogen and oxygen atoms in total. The number of ether oxygens (including phenoxy) is 2. The lowest BCUT2D eigenvalue weighted by Gasteiger charge is -2.52. The molecule has 1 aliphatic heterocycles. The maximum atomic E-state index is 9.13. The smallest absolute Gasteiger partial charge is 0.199 e. The van der Waals surface area contributed by atoms with Crippen LogP contribution in [-0.4, -0.2) is 24.6 Å². The van der Waals surface area contributed by atoms with E-state index < -0.39 is 0 Å². The molecule has 4 aliphatic rings. The molecule has 0 radical (unpaired) electrons. The van der Waals surface area contributed by atoms with E-state index >= 15 is 0 Å². The van der Waals surface area contributed by atoms with Gasteiger partial charge in [-0.05, 0) is 110 Å². The number of hydrogen-bond donors (Lipinski definition) is 1. The third-order valence-electron chi connectivity index (χ3n) is 9.54. The molecule has 5 rings (SSSR count). The monoisotopic (exact) mass is 440 g/mol. The second-order valence-electron chi connectivity index (χ2n) is 11.5. The molecule has 1 heterocycles. The van der Waals surface area contributed by atoms with E-state index in [0.29, 0.717) is 12.0 Å². The molecular weight excluding hydrogens is 396 g/mol. The van der Waals surface area contributed by atoms with Gasteiger partial charge < -0.3 is 14.6 Å². The van der Waals surface area contributed by atoms with Crippen LogP contribution in [0.3, 0.4) is 0 Å². The minimum Gasteiger partial charge on any atom is -0.465 e. The minimum absolute atomic E-state index is 0.0608. The summed E-state index contributed by atoms with van der Waals surface area (Å²) >= 11 is 0. The van der Waals surface area contributed by atoms with Crippen molar-refractivity contribution < 1.29 is 14.6 Å². The molecule has 0 spiro atoms. The molecule has 3 heteroatoms. The van der Waals surface area contributed by atoms with Gasteiger partial charge in [-0.3, -0.25) is 0 Å². The normalized spacial score (nSPS) is 36.2. The highest BCUT2D eigenvalue weighted by molar-refractivity contribution is 5.41. The van der Waals surface area contributed by atoms with Crippen LogP contribution < -0.4 is 4.74 Å². The third kappa shape index (κ3) is 4.62. The highest BCUT2D eigenvalue weighted by atomic mass is 16.7. The zero-order valence-corrected chi connectivity index (χ0v) is 20.2. The molecular formula is C29H44O3. The Balaban J connectivity index is 1.35. The maximum absolute atomic E-state index is 9.13. The van der Waals surface area contributed by atoms with Crippen LogP contribution in [0.25, 0.3) is 0 Å². The van der Waals surface area contributed by atoms with Crippen LogP contribution in [-0.2, 0) is 11.2 Å². The Labute approximate surface area is 195 Å². The zero-order valence-electron chi connectivity index (χ0n) is 20.2. The fourth-order valence-corrected chi connectivity index (χ4v) is 7.94. The second kappa shape index (κ2) is 10.1. The summed E-state index contributed by atoms with van der Waals surface area (Å²) in [6, 6.07) is 7.01. The molecule has 32 heavy (non-hydrogen) atoms. The van der Waals surface area contributed by atoms with Gasteiger partial charge in [0.2, 0.25) is 0 Å². The van der Waals surface area contributed by atoms with Crippen LogP contribution in [0.2, 0.25) is 0 Å². The molecule has 2 saturated carbocycles. The largest absolute Gasteiger partial charge is 0.465 e. The standard InChI is InChI=1S/C29H44O3/c1-29-15-8-10-26(29)28-21(9-4-2-3-6-17-30)19-22-20-23(32-27-11-5-7-18-31-27)12-13-24(22)25(28)14-16-29/h12-13,20-21,25-28,30H,2-11,14-19H2,1H3/t21-,25-,26+,27?,28-,29+/m1/s1. The van der Waals surface area contributed by atoms with Crippen LogP contribution in [0, 0.1) is 23.2 Å². The van der Waals surface area contributed by atoms with Gasteiger partial charge in [0, 0.05) is 13.0 Å². The summed E-state index contributed by atoms with van der Waals surface area (Å²) in [7, 11) is 0. The number of hydrogen-bond acceptors (Lipinski definition) is 3. The molecule has 6 atom stereocenters. The van der Waals surface area contributed by atoms with E-state index in [2.05, 4.69) is 25.1 Å². The van der Waals surface area contributed by atoms with E-state index in [-0.39, 0.29) is 6.29 Å². The first-order valence-electron chi connectivity index (χ1n) is 13.7. The third-order valence-corrected chi connectivity index (χ3v) is 9.54. The average molecular weight is 441 g/mol. The summed E-state index contributed by atoms with van der Waals surface area (Å²) < 4.78 is 12.1. The van der Waals surface area contributed by atoms with E-state index in [1.165, 1.54) is 70.6 Å². The summed E-state index contributed by atoms with van der Waals surface area (Å²) in [5, 5.41) is 9.13. The first kappa shape index (κ1) is 22.7.